The number of rotatable bonds is 5. The Balaban J connectivity index is 2.12. The minimum Gasteiger partial charge on any atom is -0.489 e. The molecule has 0 bridgehead atoms. The number of nitrogens with two attached hydrogens (primary N) is 1. The average molecular weight is 274 g/mol. The molecule has 0 amide bonds. The summed E-state index contributed by atoms with van der Waals surface area (Å²) in [5.74, 6) is -0.0568. The molecule has 0 aliphatic rings. The maximum absolute atomic E-state index is 13.4. The van der Waals surface area contributed by atoms with Crippen LogP contribution in [0.5, 0.6) is 5.75 Å². The first-order valence-corrected chi connectivity index (χ1v) is 6.05. The Morgan fingerprint density at radius 3 is 2.70 bits per heavy atom. The van der Waals surface area contributed by atoms with Crippen LogP contribution in [0.3, 0.4) is 0 Å². The van der Waals surface area contributed by atoms with Gasteiger partial charge in [-0.1, -0.05) is 12.1 Å². The highest BCUT2D eigenvalue weighted by Gasteiger charge is 2.04. The summed E-state index contributed by atoms with van der Waals surface area (Å²) in [6.07, 6.45) is 0. The zero-order valence-corrected chi connectivity index (χ0v) is 10.8. The van der Waals surface area contributed by atoms with E-state index in [9.17, 15) is 4.39 Å². The van der Waals surface area contributed by atoms with Gasteiger partial charge < -0.3 is 15.6 Å². The maximum Gasteiger partial charge on any atom is 0.124 e. The van der Waals surface area contributed by atoms with Crippen molar-refractivity contribution in [1.29, 1.82) is 5.41 Å². The Bertz CT molecular complexity index is 629. The van der Waals surface area contributed by atoms with Gasteiger partial charge in [0.05, 0.1) is 6.61 Å². The minimum atomic E-state index is -0.458. The number of ether oxygens (including phenoxy) is 1. The van der Waals surface area contributed by atoms with Crippen LogP contribution in [0, 0.1) is 11.2 Å². The molecule has 0 unspecified atom stereocenters. The molecule has 0 atom stereocenters. The highest BCUT2D eigenvalue weighted by Crippen LogP contribution is 2.16. The Kier molecular flexibility index (Phi) is 4.32. The zero-order valence-electron chi connectivity index (χ0n) is 10.8. The van der Waals surface area contributed by atoms with E-state index < -0.39 is 5.82 Å². The van der Waals surface area contributed by atoms with Crippen molar-refractivity contribution in [3.8, 4) is 5.75 Å². The normalized spacial score (nSPS) is 10.3. The van der Waals surface area contributed by atoms with Crippen molar-refractivity contribution in [3.63, 3.8) is 0 Å². The van der Waals surface area contributed by atoms with Crippen LogP contribution in [0.1, 0.15) is 16.7 Å². The standard InChI is InChI=1S/C15H15FN2O2/c16-13-5-11(4-12(7-13)15(17)18)9-20-14-3-1-2-10(6-14)8-19/h1-7,19H,8-9H2,(H3,17,18). The van der Waals surface area contributed by atoms with Crippen molar-refractivity contribution < 1.29 is 14.2 Å². The van der Waals surface area contributed by atoms with E-state index >= 15 is 0 Å². The van der Waals surface area contributed by atoms with E-state index in [0.717, 1.165) is 5.56 Å². The molecule has 0 saturated heterocycles. The Labute approximate surface area is 116 Å². The van der Waals surface area contributed by atoms with Gasteiger partial charge >= 0.3 is 0 Å². The van der Waals surface area contributed by atoms with Crippen molar-refractivity contribution in [2.45, 2.75) is 13.2 Å². The number of nitrogen functional groups attached to an aromatic ring is 1. The second-order valence-corrected chi connectivity index (χ2v) is 4.36. The first-order chi connectivity index (χ1) is 9.58. The van der Waals surface area contributed by atoms with Gasteiger partial charge in [-0.25, -0.2) is 4.39 Å². The first-order valence-electron chi connectivity index (χ1n) is 6.05. The molecule has 0 spiro atoms. The maximum atomic E-state index is 13.4. The van der Waals surface area contributed by atoms with E-state index in [-0.39, 0.29) is 19.0 Å². The number of hydrogen-bond donors (Lipinski definition) is 3. The molecular formula is C15H15FN2O2. The van der Waals surface area contributed by atoms with Gasteiger partial charge in [0.2, 0.25) is 0 Å². The van der Waals surface area contributed by atoms with Crippen LogP contribution >= 0.6 is 0 Å². The third-order valence-corrected chi connectivity index (χ3v) is 2.76. The third-order valence-electron chi connectivity index (χ3n) is 2.76. The van der Waals surface area contributed by atoms with Crippen molar-refractivity contribution >= 4 is 5.84 Å². The molecule has 0 aliphatic heterocycles. The van der Waals surface area contributed by atoms with E-state index in [1.807, 2.05) is 0 Å². The fraction of sp³-hybridized carbons (Fsp3) is 0.133. The lowest BCUT2D eigenvalue weighted by molar-refractivity contribution is 0.278. The molecule has 0 saturated carbocycles. The predicted octanol–water partition coefficient (Wildman–Crippen LogP) is 2.18. The second kappa shape index (κ2) is 6.16. The molecule has 104 valence electrons. The molecule has 0 aliphatic carbocycles. The molecule has 4 nitrogen and oxygen atoms in total. The van der Waals surface area contributed by atoms with Crippen LogP contribution < -0.4 is 10.5 Å². The summed E-state index contributed by atoms with van der Waals surface area (Å²) in [5, 5.41) is 16.4. The third kappa shape index (κ3) is 3.55. The summed E-state index contributed by atoms with van der Waals surface area (Å²) in [7, 11) is 0. The smallest absolute Gasteiger partial charge is 0.124 e. The highest BCUT2D eigenvalue weighted by atomic mass is 19.1. The van der Waals surface area contributed by atoms with Crippen molar-refractivity contribution in [3.05, 3.63) is 65.0 Å². The van der Waals surface area contributed by atoms with Gasteiger partial charge in [-0.2, -0.15) is 0 Å². The number of nitrogens with one attached hydrogen (secondary N) is 1. The van der Waals surface area contributed by atoms with Crippen molar-refractivity contribution in [1.82, 2.24) is 0 Å². The van der Waals surface area contributed by atoms with Gasteiger partial charge in [-0.05, 0) is 41.5 Å². The Morgan fingerprint density at radius 1 is 1.20 bits per heavy atom. The Morgan fingerprint density at radius 2 is 2.00 bits per heavy atom. The molecule has 0 fully saturated rings. The monoisotopic (exact) mass is 274 g/mol. The van der Waals surface area contributed by atoms with E-state index in [1.165, 1.54) is 12.1 Å². The molecular weight excluding hydrogens is 259 g/mol. The molecule has 2 rings (SSSR count). The van der Waals surface area contributed by atoms with Crippen LogP contribution in [-0.2, 0) is 13.2 Å². The van der Waals surface area contributed by atoms with Gasteiger partial charge in [-0.15, -0.1) is 0 Å². The molecule has 0 radical (unpaired) electrons. The summed E-state index contributed by atoms with van der Waals surface area (Å²) in [6.45, 7) is 0.0958. The molecule has 5 heteroatoms. The Hall–Kier alpha value is -2.40. The molecule has 2 aromatic carbocycles. The van der Waals surface area contributed by atoms with Gasteiger partial charge in [0, 0.05) is 5.56 Å². The average Bonchev–Trinajstić information content (AvgIpc) is 2.44. The number of halogens is 1. The van der Waals surface area contributed by atoms with E-state index in [1.54, 1.807) is 30.3 Å². The predicted molar refractivity (Wildman–Crippen MR) is 74.1 cm³/mol. The molecule has 0 heterocycles. The van der Waals surface area contributed by atoms with Crippen LogP contribution in [0.4, 0.5) is 4.39 Å². The molecule has 4 N–H and O–H groups in total. The van der Waals surface area contributed by atoms with Crippen LogP contribution in [0.2, 0.25) is 0 Å². The zero-order chi connectivity index (χ0) is 14.5. The number of amidine groups is 1. The number of aliphatic hydroxyl groups excluding tert-OH is 1. The number of benzene rings is 2. The van der Waals surface area contributed by atoms with Crippen LogP contribution in [0.15, 0.2) is 42.5 Å². The minimum absolute atomic E-state index is 0.0638. The molecule has 20 heavy (non-hydrogen) atoms. The van der Waals surface area contributed by atoms with Gasteiger partial charge in [0.1, 0.15) is 24.0 Å². The van der Waals surface area contributed by atoms with Crippen LogP contribution in [0.25, 0.3) is 0 Å². The highest BCUT2D eigenvalue weighted by molar-refractivity contribution is 5.95. The second-order valence-electron chi connectivity index (χ2n) is 4.36. The van der Waals surface area contributed by atoms with Crippen molar-refractivity contribution in [2.75, 3.05) is 0 Å². The van der Waals surface area contributed by atoms with Crippen LogP contribution in [-0.4, -0.2) is 10.9 Å². The lowest BCUT2D eigenvalue weighted by Crippen LogP contribution is -2.12. The number of hydrogen-bond acceptors (Lipinski definition) is 3. The first kappa shape index (κ1) is 14.0. The lowest BCUT2D eigenvalue weighted by atomic mass is 10.1. The van der Waals surface area contributed by atoms with Gasteiger partial charge in [0.25, 0.3) is 0 Å². The van der Waals surface area contributed by atoms with E-state index in [2.05, 4.69) is 0 Å². The largest absolute Gasteiger partial charge is 0.489 e. The fourth-order valence-electron chi connectivity index (χ4n) is 1.79. The summed E-state index contributed by atoms with van der Waals surface area (Å²) >= 11 is 0. The van der Waals surface area contributed by atoms with Gasteiger partial charge in [0.15, 0.2) is 0 Å². The summed E-state index contributed by atoms with van der Waals surface area (Å²) in [6, 6.07) is 11.2. The summed E-state index contributed by atoms with van der Waals surface area (Å²) < 4.78 is 18.9. The summed E-state index contributed by atoms with van der Waals surface area (Å²) in [4.78, 5) is 0. The summed E-state index contributed by atoms with van der Waals surface area (Å²) in [5.41, 5.74) is 7.00. The van der Waals surface area contributed by atoms with Crippen molar-refractivity contribution in [2.24, 2.45) is 5.73 Å². The lowest BCUT2D eigenvalue weighted by Gasteiger charge is -2.09. The fourth-order valence-corrected chi connectivity index (χ4v) is 1.79. The SMILES string of the molecule is N=C(N)c1cc(F)cc(COc2cccc(CO)c2)c1. The van der Waals surface area contributed by atoms with E-state index in [0.29, 0.717) is 16.9 Å². The molecule has 0 aromatic heterocycles. The number of aliphatic hydroxyl groups is 1. The van der Waals surface area contributed by atoms with Gasteiger partial charge in [-0.3, -0.25) is 5.41 Å². The van der Waals surface area contributed by atoms with E-state index in [4.69, 9.17) is 21.0 Å². The quantitative estimate of drug-likeness (QED) is 0.577. The topological polar surface area (TPSA) is 79.3 Å². The molecule has 2 aromatic rings.